The Balaban J connectivity index is 2.22. The van der Waals surface area contributed by atoms with Crippen molar-refractivity contribution in [2.45, 2.75) is 29.9 Å². The third-order valence-corrected chi connectivity index (χ3v) is 4.16. The Morgan fingerprint density at radius 3 is 2.65 bits per heavy atom. The summed E-state index contributed by atoms with van der Waals surface area (Å²) in [5.74, 6) is 0. The second kappa shape index (κ2) is 5.75. The van der Waals surface area contributed by atoms with Gasteiger partial charge >= 0.3 is 0 Å². The Morgan fingerprint density at radius 2 is 1.94 bits per heavy atom. The molecular weight excluding hydrogens is 226 g/mol. The fraction of sp³-hybridized carbons (Fsp3) is 0.267. The molecule has 1 atom stereocenters. The van der Waals surface area contributed by atoms with Crippen LogP contribution < -0.4 is 0 Å². The zero-order chi connectivity index (χ0) is 12.1. The molecule has 0 saturated carbocycles. The molecule has 2 rings (SSSR count). The van der Waals surface area contributed by atoms with Crippen LogP contribution in [0.5, 0.6) is 0 Å². The lowest BCUT2D eigenvalue weighted by Gasteiger charge is -2.11. The van der Waals surface area contributed by atoms with E-state index in [0.717, 1.165) is 6.42 Å². The van der Waals surface area contributed by atoms with Crippen molar-refractivity contribution in [3.05, 3.63) is 42.5 Å². The molecule has 0 bridgehead atoms. The van der Waals surface area contributed by atoms with Crippen LogP contribution in [0.4, 0.5) is 0 Å². The van der Waals surface area contributed by atoms with Crippen molar-refractivity contribution in [1.82, 2.24) is 0 Å². The van der Waals surface area contributed by atoms with Crippen molar-refractivity contribution in [2.75, 3.05) is 0 Å². The molecule has 0 aliphatic rings. The molecule has 1 unspecified atom stereocenters. The van der Waals surface area contributed by atoms with Crippen LogP contribution in [-0.2, 0) is 0 Å². The van der Waals surface area contributed by atoms with E-state index in [2.05, 4.69) is 55.5 Å². The summed E-state index contributed by atoms with van der Waals surface area (Å²) in [5.41, 5.74) is 0. The molecule has 0 fully saturated rings. The van der Waals surface area contributed by atoms with E-state index in [4.69, 9.17) is 5.26 Å². The highest BCUT2D eigenvalue weighted by Gasteiger charge is 2.07. The van der Waals surface area contributed by atoms with E-state index >= 15 is 0 Å². The third kappa shape index (κ3) is 3.01. The summed E-state index contributed by atoms with van der Waals surface area (Å²) in [6.45, 7) is 2.13. The fourth-order valence-electron chi connectivity index (χ4n) is 1.80. The molecule has 0 N–H and O–H groups in total. The first kappa shape index (κ1) is 12.0. The maximum Gasteiger partial charge on any atom is 0.0633 e. The van der Waals surface area contributed by atoms with Crippen LogP contribution in [0.25, 0.3) is 10.8 Å². The highest BCUT2D eigenvalue weighted by molar-refractivity contribution is 8.00. The molecule has 0 heterocycles. The molecule has 0 aliphatic carbocycles. The summed E-state index contributed by atoms with van der Waals surface area (Å²) >= 11 is 1.81. The van der Waals surface area contributed by atoms with Gasteiger partial charge in [-0.2, -0.15) is 5.26 Å². The number of hydrogen-bond acceptors (Lipinski definition) is 2. The van der Waals surface area contributed by atoms with Gasteiger partial charge in [-0.15, -0.1) is 11.8 Å². The summed E-state index contributed by atoms with van der Waals surface area (Å²) in [6.07, 6.45) is 1.65. The van der Waals surface area contributed by atoms with Crippen LogP contribution in [0.1, 0.15) is 19.8 Å². The van der Waals surface area contributed by atoms with Gasteiger partial charge in [0, 0.05) is 16.6 Å². The molecule has 0 amide bonds. The first-order valence-electron chi connectivity index (χ1n) is 5.86. The molecule has 0 aromatic heterocycles. The van der Waals surface area contributed by atoms with Crippen molar-refractivity contribution in [3.8, 4) is 6.07 Å². The van der Waals surface area contributed by atoms with Gasteiger partial charge < -0.3 is 0 Å². The lowest BCUT2D eigenvalue weighted by atomic mass is 10.1. The average Bonchev–Trinajstić information content (AvgIpc) is 2.38. The van der Waals surface area contributed by atoms with Gasteiger partial charge in [0.1, 0.15) is 0 Å². The summed E-state index contributed by atoms with van der Waals surface area (Å²) in [7, 11) is 0. The standard InChI is InChI=1S/C15H15NS/c1-2-14(9-10-16)17-15-8-7-12-5-3-4-6-13(12)11-15/h3-8,11,14H,2,9H2,1H3. The van der Waals surface area contributed by atoms with E-state index in [9.17, 15) is 0 Å². The van der Waals surface area contributed by atoms with E-state index in [0.29, 0.717) is 11.7 Å². The van der Waals surface area contributed by atoms with Crippen LogP contribution in [0.3, 0.4) is 0 Å². The van der Waals surface area contributed by atoms with Crippen LogP contribution in [-0.4, -0.2) is 5.25 Å². The molecule has 86 valence electrons. The molecule has 17 heavy (non-hydrogen) atoms. The maximum atomic E-state index is 8.75. The van der Waals surface area contributed by atoms with Gasteiger partial charge in [0.25, 0.3) is 0 Å². The summed E-state index contributed by atoms with van der Waals surface area (Å²) in [5, 5.41) is 11.7. The predicted molar refractivity (Wildman–Crippen MR) is 74.1 cm³/mol. The normalized spacial score (nSPS) is 12.2. The van der Waals surface area contributed by atoms with Crippen molar-refractivity contribution in [3.63, 3.8) is 0 Å². The number of benzene rings is 2. The Kier molecular flexibility index (Phi) is 4.06. The van der Waals surface area contributed by atoms with Crippen molar-refractivity contribution in [2.24, 2.45) is 0 Å². The molecule has 1 nitrogen and oxygen atoms in total. The number of thioether (sulfide) groups is 1. The van der Waals surface area contributed by atoms with Crippen LogP contribution in [0.2, 0.25) is 0 Å². The SMILES string of the molecule is CCC(CC#N)Sc1ccc2ccccc2c1. The van der Waals surface area contributed by atoms with Gasteiger partial charge in [0.2, 0.25) is 0 Å². The fourth-order valence-corrected chi connectivity index (χ4v) is 2.86. The smallest absolute Gasteiger partial charge is 0.0633 e. The zero-order valence-electron chi connectivity index (χ0n) is 9.89. The largest absolute Gasteiger partial charge is 0.198 e. The summed E-state index contributed by atoms with van der Waals surface area (Å²) in [4.78, 5) is 1.26. The van der Waals surface area contributed by atoms with E-state index in [1.54, 1.807) is 11.8 Å². The number of nitriles is 1. The second-order valence-corrected chi connectivity index (χ2v) is 5.39. The highest BCUT2D eigenvalue weighted by atomic mass is 32.2. The molecule has 2 heteroatoms. The minimum absolute atomic E-state index is 0.404. The van der Waals surface area contributed by atoms with E-state index < -0.39 is 0 Å². The van der Waals surface area contributed by atoms with Crippen LogP contribution >= 0.6 is 11.8 Å². The van der Waals surface area contributed by atoms with Gasteiger partial charge in [-0.3, -0.25) is 0 Å². The van der Waals surface area contributed by atoms with Crippen molar-refractivity contribution >= 4 is 22.5 Å². The molecule has 0 saturated heterocycles. The number of hydrogen-bond donors (Lipinski definition) is 0. The summed E-state index contributed by atoms with van der Waals surface area (Å²) < 4.78 is 0. The lowest BCUT2D eigenvalue weighted by Crippen LogP contribution is -1.98. The minimum atomic E-state index is 0.404. The highest BCUT2D eigenvalue weighted by Crippen LogP contribution is 2.29. The molecule has 0 spiro atoms. The Morgan fingerprint density at radius 1 is 1.18 bits per heavy atom. The number of rotatable bonds is 4. The van der Waals surface area contributed by atoms with E-state index in [1.807, 2.05) is 0 Å². The lowest BCUT2D eigenvalue weighted by molar-refractivity contribution is 0.842. The Labute approximate surface area is 106 Å². The maximum absolute atomic E-state index is 8.75. The minimum Gasteiger partial charge on any atom is -0.198 e. The first-order chi connectivity index (χ1) is 8.33. The molecule has 0 radical (unpaired) electrons. The van der Waals surface area contributed by atoms with Crippen molar-refractivity contribution < 1.29 is 0 Å². The number of nitrogens with zero attached hydrogens (tertiary/aromatic N) is 1. The van der Waals surface area contributed by atoms with Gasteiger partial charge in [-0.05, 0) is 29.3 Å². The average molecular weight is 241 g/mol. The first-order valence-corrected chi connectivity index (χ1v) is 6.74. The summed E-state index contributed by atoms with van der Waals surface area (Å²) in [6, 6.07) is 17.1. The van der Waals surface area contributed by atoms with Crippen LogP contribution in [0, 0.1) is 11.3 Å². The molecule has 2 aromatic carbocycles. The van der Waals surface area contributed by atoms with Gasteiger partial charge in [-0.25, -0.2) is 0 Å². The topological polar surface area (TPSA) is 23.8 Å². The van der Waals surface area contributed by atoms with Gasteiger partial charge in [0.05, 0.1) is 6.07 Å². The predicted octanol–water partition coefficient (Wildman–Crippen LogP) is 4.62. The van der Waals surface area contributed by atoms with E-state index in [-0.39, 0.29) is 0 Å². The molecule has 0 aliphatic heterocycles. The Hall–Kier alpha value is -1.46. The van der Waals surface area contributed by atoms with Crippen molar-refractivity contribution in [1.29, 1.82) is 5.26 Å². The zero-order valence-corrected chi connectivity index (χ0v) is 10.7. The quantitative estimate of drug-likeness (QED) is 0.729. The monoisotopic (exact) mass is 241 g/mol. The second-order valence-electron chi connectivity index (χ2n) is 4.02. The molecular formula is C15H15NS. The van der Waals surface area contributed by atoms with Gasteiger partial charge in [0.15, 0.2) is 0 Å². The third-order valence-electron chi connectivity index (χ3n) is 2.80. The van der Waals surface area contributed by atoms with Gasteiger partial charge in [-0.1, -0.05) is 37.3 Å². The van der Waals surface area contributed by atoms with E-state index in [1.165, 1.54) is 15.7 Å². The Bertz CT molecular complexity index is 542. The molecule has 2 aromatic rings. The van der Waals surface area contributed by atoms with Crippen LogP contribution in [0.15, 0.2) is 47.4 Å². The number of fused-ring (bicyclic) bond motifs is 1.